The van der Waals surface area contributed by atoms with Gasteiger partial charge in [0.2, 0.25) is 5.91 Å². The Balaban J connectivity index is 2.61. The summed E-state index contributed by atoms with van der Waals surface area (Å²) in [6.07, 6.45) is 3.38. The summed E-state index contributed by atoms with van der Waals surface area (Å²) < 4.78 is 2.15. The Morgan fingerprint density at radius 1 is 1.56 bits per heavy atom. The number of aromatic nitrogens is 1. The zero-order valence-electron chi connectivity index (χ0n) is 10.4. The summed E-state index contributed by atoms with van der Waals surface area (Å²) in [5.74, 6) is -1.13. The van der Waals surface area contributed by atoms with Crippen LogP contribution in [0.3, 0.4) is 0 Å². The lowest BCUT2D eigenvalue weighted by Gasteiger charge is -2.13. The van der Waals surface area contributed by atoms with E-state index in [0.29, 0.717) is 4.60 Å². The highest BCUT2D eigenvalue weighted by Crippen LogP contribution is 2.15. The van der Waals surface area contributed by atoms with E-state index in [1.165, 1.54) is 12.3 Å². The van der Waals surface area contributed by atoms with Gasteiger partial charge in [0.1, 0.15) is 6.54 Å². The fourth-order valence-corrected chi connectivity index (χ4v) is 2.17. The summed E-state index contributed by atoms with van der Waals surface area (Å²) in [7, 11) is 0. The molecule has 1 heterocycles. The van der Waals surface area contributed by atoms with Crippen molar-refractivity contribution in [3.05, 3.63) is 22.4 Å². The van der Waals surface area contributed by atoms with E-state index in [-0.39, 0.29) is 24.1 Å². The molecule has 1 amide bonds. The Hall–Kier alpha value is -1.30. The van der Waals surface area contributed by atoms with Crippen molar-refractivity contribution >= 4 is 27.8 Å². The van der Waals surface area contributed by atoms with Crippen molar-refractivity contribution < 1.29 is 14.7 Å². The number of hydrogen-bond acceptors (Lipinski definition) is 2. The molecule has 0 saturated carbocycles. The number of carbonyl (C=O) groups excluding carboxylic acids is 1. The van der Waals surface area contributed by atoms with Crippen molar-refractivity contribution in [2.24, 2.45) is 0 Å². The van der Waals surface area contributed by atoms with Crippen molar-refractivity contribution in [2.45, 2.75) is 39.3 Å². The Morgan fingerprint density at radius 3 is 2.72 bits per heavy atom. The first kappa shape index (κ1) is 14.8. The quantitative estimate of drug-likeness (QED) is 0.845. The highest BCUT2D eigenvalue weighted by atomic mass is 79.9. The first-order valence-electron chi connectivity index (χ1n) is 5.82. The maximum absolute atomic E-state index is 11.7. The smallest absolute Gasteiger partial charge is 0.337 e. The summed E-state index contributed by atoms with van der Waals surface area (Å²) in [5.41, 5.74) is 0.163. The van der Waals surface area contributed by atoms with E-state index in [1.54, 1.807) is 4.57 Å². The molecule has 6 heteroatoms. The lowest BCUT2D eigenvalue weighted by molar-refractivity contribution is -0.122. The lowest BCUT2D eigenvalue weighted by atomic mass is 10.2. The van der Waals surface area contributed by atoms with Crippen LogP contribution in [-0.2, 0) is 11.3 Å². The average Bonchev–Trinajstić information content (AvgIpc) is 2.60. The minimum Gasteiger partial charge on any atom is -0.478 e. The predicted molar refractivity (Wildman–Crippen MR) is 71.6 cm³/mol. The molecule has 0 bridgehead atoms. The molecule has 1 rings (SSSR count). The van der Waals surface area contributed by atoms with Crippen LogP contribution >= 0.6 is 15.9 Å². The van der Waals surface area contributed by atoms with Gasteiger partial charge in [-0.15, -0.1) is 0 Å². The van der Waals surface area contributed by atoms with Gasteiger partial charge in [0, 0.05) is 12.2 Å². The molecule has 1 aromatic rings. The second-order valence-corrected chi connectivity index (χ2v) is 5.05. The van der Waals surface area contributed by atoms with Crippen LogP contribution in [0.4, 0.5) is 0 Å². The van der Waals surface area contributed by atoms with E-state index in [4.69, 9.17) is 5.11 Å². The van der Waals surface area contributed by atoms with Gasteiger partial charge in [-0.2, -0.15) is 0 Å². The summed E-state index contributed by atoms with van der Waals surface area (Å²) >= 11 is 3.23. The molecule has 0 spiro atoms. The van der Waals surface area contributed by atoms with Gasteiger partial charge in [0.25, 0.3) is 0 Å². The molecule has 0 aromatic carbocycles. The first-order valence-corrected chi connectivity index (χ1v) is 6.61. The third-order valence-electron chi connectivity index (χ3n) is 2.53. The molecular formula is C12H17BrN2O3. The fraction of sp³-hybridized carbons (Fsp3) is 0.500. The minimum absolute atomic E-state index is 0.113. The van der Waals surface area contributed by atoms with Crippen LogP contribution in [0.5, 0.6) is 0 Å². The van der Waals surface area contributed by atoms with Gasteiger partial charge < -0.3 is 15.0 Å². The number of aromatic carboxylic acids is 1. The minimum atomic E-state index is -1.01. The van der Waals surface area contributed by atoms with Crippen LogP contribution in [-0.4, -0.2) is 27.6 Å². The fourth-order valence-electron chi connectivity index (χ4n) is 1.70. The van der Waals surface area contributed by atoms with Gasteiger partial charge in [-0.05, 0) is 35.3 Å². The van der Waals surface area contributed by atoms with Crippen LogP contribution in [0.1, 0.15) is 37.0 Å². The maximum atomic E-state index is 11.7. The van der Waals surface area contributed by atoms with E-state index < -0.39 is 5.97 Å². The van der Waals surface area contributed by atoms with Gasteiger partial charge in [-0.3, -0.25) is 4.79 Å². The predicted octanol–water partition coefficient (Wildman–Crippen LogP) is 2.25. The Morgan fingerprint density at radius 2 is 2.22 bits per heavy atom. The van der Waals surface area contributed by atoms with Gasteiger partial charge in [-0.1, -0.05) is 13.3 Å². The van der Waals surface area contributed by atoms with Crippen LogP contribution in [0.2, 0.25) is 0 Å². The highest BCUT2D eigenvalue weighted by molar-refractivity contribution is 9.10. The summed E-state index contributed by atoms with van der Waals surface area (Å²) in [4.78, 5) is 22.5. The van der Waals surface area contributed by atoms with Crippen LogP contribution < -0.4 is 5.32 Å². The molecule has 5 nitrogen and oxygen atoms in total. The molecule has 1 atom stereocenters. The third-order valence-corrected chi connectivity index (χ3v) is 3.22. The average molecular weight is 317 g/mol. The lowest BCUT2D eigenvalue weighted by Crippen LogP contribution is -2.34. The number of carboxylic acids is 1. The molecule has 1 aromatic heterocycles. The van der Waals surface area contributed by atoms with Crippen molar-refractivity contribution in [2.75, 3.05) is 0 Å². The number of hydrogen-bond donors (Lipinski definition) is 2. The third kappa shape index (κ3) is 4.18. The molecule has 0 aliphatic carbocycles. The van der Waals surface area contributed by atoms with Crippen LogP contribution in [0, 0.1) is 0 Å². The molecule has 0 aliphatic rings. The zero-order chi connectivity index (χ0) is 13.7. The van der Waals surface area contributed by atoms with Crippen molar-refractivity contribution in [1.29, 1.82) is 0 Å². The molecule has 0 fully saturated rings. The van der Waals surface area contributed by atoms with Gasteiger partial charge in [-0.25, -0.2) is 4.79 Å². The standard InChI is InChI=1S/C12H17BrN2O3/c1-3-4-8(2)14-11(16)7-15-6-9(12(17)18)5-10(15)13/h5-6,8H,3-4,7H2,1-2H3,(H,14,16)(H,17,18). The number of rotatable bonds is 6. The Kier molecular flexibility index (Phi) is 5.40. The Bertz CT molecular complexity index is 443. The molecule has 0 aliphatic heterocycles. The molecule has 18 heavy (non-hydrogen) atoms. The van der Waals surface area contributed by atoms with Crippen molar-refractivity contribution in [1.82, 2.24) is 9.88 Å². The number of amides is 1. The van der Waals surface area contributed by atoms with Crippen molar-refractivity contribution in [3.63, 3.8) is 0 Å². The normalized spacial score (nSPS) is 12.2. The van der Waals surface area contributed by atoms with Crippen LogP contribution in [0.15, 0.2) is 16.9 Å². The summed E-state index contributed by atoms with van der Waals surface area (Å²) in [6.45, 7) is 4.13. The van der Waals surface area contributed by atoms with Gasteiger partial charge in [0.05, 0.1) is 10.2 Å². The maximum Gasteiger partial charge on any atom is 0.337 e. The van der Waals surface area contributed by atoms with Crippen molar-refractivity contribution in [3.8, 4) is 0 Å². The van der Waals surface area contributed by atoms with Gasteiger partial charge in [0.15, 0.2) is 0 Å². The van der Waals surface area contributed by atoms with E-state index >= 15 is 0 Å². The number of carbonyl (C=O) groups is 2. The highest BCUT2D eigenvalue weighted by Gasteiger charge is 2.12. The number of nitrogens with zero attached hydrogens (tertiary/aromatic N) is 1. The summed E-state index contributed by atoms with van der Waals surface area (Å²) in [6, 6.07) is 1.61. The topological polar surface area (TPSA) is 71.3 Å². The number of halogens is 1. The Labute approximate surface area is 114 Å². The molecule has 1 unspecified atom stereocenters. The number of nitrogens with one attached hydrogen (secondary N) is 1. The molecular weight excluding hydrogens is 300 g/mol. The second kappa shape index (κ2) is 6.58. The van der Waals surface area contributed by atoms with Crippen LogP contribution in [0.25, 0.3) is 0 Å². The van der Waals surface area contributed by atoms with E-state index in [1.807, 2.05) is 6.92 Å². The van der Waals surface area contributed by atoms with Gasteiger partial charge >= 0.3 is 5.97 Å². The molecule has 100 valence electrons. The van der Waals surface area contributed by atoms with E-state index in [2.05, 4.69) is 28.2 Å². The SMILES string of the molecule is CCCC(C)NC(=O)Cn1cc(C(=O)O)cc1Br. The van der Waals surface area contributed by atoms with E-state index in [0.717, 1.165) is 12.8 Å². The second-order valence-electron chi connectivity index (χ2n) is 4.24. The first-order chi connectivity index (χ1) is 8.43. The van der Waals surface area contributed by atoms with E-state index in [9.17, 15) is 9.59 Å². The molecule has 0 saturated heterocycles. The summed E-state index contributed by atoms with van der Waals surface area (Å²) in [5, 5.41) is 11.7. The number of carboxylic acid groups (broad SMARTS) is 1. The largest absolute Gasteiger partial charge is 0.478 e. The molecule has 0 radical (unpaired) electrons. The molecule has 2 N–H and O–H groups in total. The monoisotopic (exact) mass is 316 g/mol. The zero-order valence-corrected chi connectivity index (χ0v) is 12.0.